The second kappa shape index (κ2) is 6.22. The fourth-order valence-electron chi connectivity index (χ4n) is 3.00. The van der Waals surface area contributed by atoms with Gasteiger partial charge in [0.05, 0.1) is 11.5 Å². The van der Waals surface area contributed by atoms with Gasteiger partial charge in [0.25, 0.3) is 0 Å². The molecule has 2 rings (SSSR count). The van der Waals surface area contributed by atoms with Crippen LogP contribution >= 0.6 is 0 Å². The molecule has 6 heteroatoms. The Morgan fingerprint density at radius 3 is 2.68 bits per heavy atom. The van der Waals surface area contributed by atoms with Crippen molar-refractivity contribution in [3.63, 3.8) is 0 Å². The predicted molar refractivity (Wildman–Crippen MR) is 74.6 cm³/mol. The molecular formula is C13H24N2O3S. The molecular weight excluding hydrogens is 264 g/mol. The van der Waals surface area contributed by atoms with Crippen molar-refractivity contribution in [3.8, 4) is 0 Å². The van der Waals surface area contributed by atoms with Gasteiger partial charge in [0.1, 0.15) is 0 Å². The summed E-state index contributed by atoms with van der Waals surface area (Å²) in [6.45, 7) is 2.84. The second-order valence-electron chi connectivity index (χ2n) is 5.96. The topological polar surface area (TPSA) is 66.5 Å². The highest BCUT2D eigenvalue weighted by molar-refractivity contribution is 7.91. The SMILES string of the molecule is CN(CC1CCCNC1)C(=O)CC1CCS(=O)(=O)C1. The number of nitrogens with one attached hydrogen (secondary N) is 1. The van der Waals surface area contributed by atoms with Crippen molar-refractivity contribution in [3.05, 3.63) is 0 Å². The summed E-state index contributed by atoms with van der Waals surface area (Å²) >= 11 is 0. The van der Waals surface area contributed by atoms with Gasteiger partial charge < -0.3 is 10.2 Å². The van der Waals surface area contributed by atoms with Gasteiger partial charge in [0, 0.05) is 20.0 Å². The summed E-state index contributed by atoms with van der Waals surface area (Å²) in [4.78, 5) is 13.9. The lowest BCUT2D eigenvalue weighted by Gasteiger charge is -2.28. The highest BCUT2D eigenvalue weighted by Crippen LogP contribution is 2.22. The van der Waals surface area contributed by atoms with Crippen LogP contribution in [-0.4, -0.2) is 57.4 Å². The normalized spacial score (nSPS) is 30.2. The molecule has 2 aliphatic heterocycles. The molecule has 1 N–H and O–H groups in total. The molecule has 2 atom stereocenters. The molecule has 0 aliphatic carbocycles. The maximum absolute atomic E-state index is 12.1. The summed E-state index contributed by atoms with van der Waals surface area (Å²) in [6.07, 6.45) is 3.37. The van der Waals surface area contributed by atoms with Crippen molar-refractivity contribution in [1.82, 2.24) is 10.2 Å². The van der Waals surface area contributed by atoms with Crippen LogP contribution in [-0.2, 0) is 14.6 Å². The number of amides is 1. The summed E-state index contributed by atoms with van der Waals surface area (Å²) in [5.41, 5.74) is 0. The Morgan fingerprint density at radius 1 is 1.32 bits per heavy atom. The molecule has 5 nitrogen and oxygen atoms in total. The highest BCUT2D eigenvalue weighted by Gasteiger charge is 2.30. The van der Waals surface area contributed by atoms with E-state index in [1.807, 2.05) is 7.05 Å². The van der Waals surface area contributed by atoms with Crippen molar-refractivity contribution in [2.45, 2.75) is 25.7 Å². The number of hydrogen-bond donors (Lipinski definition) is 1. The number of nitrogens with zero attached hydrogens (tertiary/aromatic N) is 1. The van der Waals surface area contributed by atoms with Crippen LogP contribution < -0.4 is 5.32 Å². The van der Waals surface area contributed by atoms with Gasteiger partial charge in [0.15, 0.2) is 9.84 Å². The Hall–Kier alpha value is -0.620. The van der Waals surface area contributed by atoms with Gasteiger partial charge in [0.2, 0.25) is 5.91 Å². The van der Waals surface area contributed by atoms with Crippen LogP contribution in [0.1, 0.15) is 25.7 Å². The maximum Gasteiger partial charge on any atom is 0.222 e. The Balaban J connectivity index is 1.76. The first-order valence-corrected chi connectivity index (χ1v) is 8.93. The molecule has 0 saturated carbocycles. The Kier molecular flexibility index (Phi) is 4.84. The minimum Gasteiger partial charge on any atom is -0.345 e. The summed E-state index contributed by atoms with van der Waals surface area (Å²) in [7, 11) is -1.04. The highest BCUT2D eigenvalue weighted by atomic mass is 32.2. The van der Waals surface area contributed by atoms with Crippen molar-refractivity contribution in [2.24, 2.45) is 11.8 Å². The van der Waals surface area contributed by atoms with E-state index in [1.165, 1.54) is 12.8 Å². The predicted octanol–water partition coefficient (Wildman–Crippen LogP) is 0.269. The number of carbonyl (C=O) groups is 1. The number of sulfone groups is 1. The number of piperidine rings is 1. The Morgan fingerprint density at radius 2 is 2.11 bits per heavy atom. The van der Waals surface area contributed by atoms with E-state index in [9.17, 15) is 13.2 Å². The third-order valence-electron chi connectivity index (χ3n) is 4.15. The third-order valence-corrected chi connectivity index (χ3v) is 5.98. The minimum atomic E-state index is -2.87. The molecule has 0 aromatic rings. The molecule has 2 fully saturated rings. The zero-order valence-electron chi connectivity index (χ0n) is 11.6. The summed E-state index contributed by atoms with van der Waals surface area (Å²) in [5.74, 6) is 1.10. The van der Waals surface area contributed by atoms with Gasteiger partial charge in [-0.05, 0) is 44.2 Å². The van der Waals surface area contributed by atoms with E-state index in [2.05, 4.69) is 5.32 Å². The molecule has 19 heavy (non-hydrogen) atoms. The van der Waals surface area contributed by atoms with Crippen molar-refractivity contribution in [2.75, 3.05) is 38.2 Å². The maximum atomic E-state index is 12.1. The van der Waals surface area contributed by atoms with Crippen LogP contribution in [0, 0.1) is 11.8 Å². The average molecular weight is 288 g/mol. The summed E-state index contributed by atoms with van der Waals surface area (Å²) in [6, 6.07) is 0. The molecule has 0 radical (unpaired) electrons. The lowest BCUT2D eigenvalue weighted by molar-refractivity contribution is -0.131. The van der Waals surface area contributed by atoms with Crippen LogP contribution in [0.15, 0.2) is 0 Å². The van der Waals surface area contributed by atoms with Crippen LogP contribution in [0.3, 0.4) is 0 Å². The number of carbonyl (C=O) groups excluding carboxylic acids is 1. The fraction of sp³-hybridized carbons (Fsp3) is 0.923. The smallest absolute Gasteiger partial charge is 0.222 e. The van der Waals surface area contributed by atoms with E-state index in [0.29, 0.717) is 18.8 Å². The molecule has 0 spiro atoms. The fourth-order valence-corrected chi connectivity index (χ4v) is 4.87. The van der Waals surface area contributed by atoms with Gasteiger partial charge in [-0.25, -0.2) is 8.42 Å². The van der Waals surface area contributed by atoms with Gasteiger partial charge >= 0.3 is 0 Å². The minimum absolute atomic E-state index is 0.0319. The third kappa shape index (κ3) is 4.45. The number of hydrogen-bond acceptors (Lipinski definition) is 4. The lowest BCUT2D eigenvalue weighted by atomic mass is 9.98. The van der Waals surface area contributed by atoms with E-state index >= 15 is 0 Å². The van der Waals surface area contributed by atoms with Crippen molar-refractivity contribution in [1.29, 1.82) is 0 Å². The standard InChI is InChI=1S/C13H24N2O3S/c1-15(9-12-3-2-5-14-8-12)13(16)7-11-4-6-19(17,18)10-11/h11-12,14H,2-10H2,1H3. The molecule has 0 bridgehead atoms. The largest absolute Gasteiger partial charge is 0.345 e. The first kappa shape index (κ1) is 14.8. The Bertz CT molecular complexity index is 416. The molecule has 2 unspecified atom stereocenters. The van der Waals surface area contributed by atoms with E-state index in [4.69, 9.17) is 0 Å². The summed E-state index contributed by atoms with van der Waals surface area (Å²) in [5, 5.41) is 3.35. The zero-order chi connectivity index (χ0) is 13.9. The van der Waals surface area contributed by atoms with Crippen molar-refractivity contribution >= 4 is 15.7 Å². The van der Waals surface area contributed by atoms with Gasteiger partial charge in [-0.3, -0.25) is 4.79 Å². The molecule has 0 aromatic carbocycles. The van der Waals surface area contributed by atoms with Gasteiger partial charge in [-0.2, -0.15) is 0 Å². The van der Waals surface area contributed by atoms with Gasteiger partial charge in [-0.1, -0.05) is 0 Å². The monoisotopic (exact) mass is 288 g/mol. The molecule has 2 aliphatic rings. The van der Waals surface area contributed by atoms with E-state index < -0.39 is 9.84 Å². The lowest BCUT2D eigenvalue weighted by Crippen LogP contribution is -2.39. The van der Waals surface area contributed by atoms with Crippen LogP contribution in [0.25, 0.3) is 0 Å². The quantitative estimate of drug-likeness (QED) is 0.806. The molecule has 1 amide bonds. The molecule has 110 valence electrons. The molecule has 2 heterocycles. The first-order chi connectivity index (χ1) is 8.96. The Labute approximate surface area is 115 Å². The van der Waals surface area contributed by atoms with Crippen LogP contribution in [0.5, 0.6) is 0 Å². The van der Waals surface area contributed by atoms with E-state index in [0.717, 1.165) is 19.6 Å². The molecule has 2 saturated heterocycles. The van der Waals surface area contributed by atoms with Crippen LogP contribution in [0.4, 0.5) is 0 Å². The zero-order valence-corrected chi connectivity index (χ0v) is 12.4. The van der Waals surface area contributed by atoms with Crippen molar-refractivity contribution < 1.29 is 13.2 Å². The number of rotatable bonds is 4. The van der Waals surface area contributed by atoms with Gasteiger partial charge in [-0.15, -0.1) is 0 Å². The molecule has 0 aromatic heterocycles. The second-order valence-corrected chi connectivity index (χ2v) is 8.19. The van der Waals surface area contributed by atoms with E-state index in [1.54, 1.807) is 4.90 Å². The average Bonchev–Trinajstić information content (AvgIpc) is 2.70. The summed E-state index contributed by atoms with van der Waals surface area (Å²) < 4.78 is 22.8. The first-order valence-electron chi connectivity index (χ1n) is 7.11. The van der Waals surface area contributed by atoms with E-state index in [-0.39, 0.29) is 23.3 Å². The van der Waals surface area contributed by atoms with Crippen LogP contribution in [0.2, 0.25) is 0 Å².